The van der Waals surface area contributed by atoms with E-state index in [0.717, 1.165) is 16.9 Å². The molecule has 0 aliphatic carbocycles. The van der Waals surface area contributed by atoms with Crippen molar-refractivity contribution in [2.24, 2.45) is 0 Å². The van der Waals surface area contributed by atoms with Crippen LogP contribution in [-0.2, 0) is 9.47 Å². The predicted molar refractivity (Wildman–Crippen MR) is 94.3 cm³/mol. The first-order valence-electron chi connectivity index (χ1n) is 8.15. The van der Waals surface area contributed by atoms with E-state index in [9.17, 15) is 9.59 Å². The van der Waals surface area contributed by atoms with Crippen molar-refractivity contribution < 1.29 is 19.1 Å². The van der Waals surface area contributed by atoms with Crippen molar-refractivity contribution in [3.8, 4) is 0 Å². The van der Waals surface area contributed by atoms with Crippen LogP contribution in [0.2, 0.25) is 0 Å². The fourth-order valence-electron chi connectivity index (χ4n) is 2.23. The highest BCUT2D eigenvalue weighted by Crippen LogP contribution is 2.37. The normalized spacial score (nSPS) is 17.2. The molecule has 132 valence electrons. The smallest absolute Gasteiger partial charge is 0.411 e. The highest BCUT2D eigenvalue weighted by molar-refractivity contribution is 8.00. The van der Waals surface area contributed by atoms with Crippen LogP contribution in [0, 0.1) is 6.92 Å². The third-order valence-corrected chi connectivity index (χ3v) is 5.01. The lowest BCUT2D eigenvalue weighted by Crippen LogP contribution is -2.51. The number of nitrogens with zero attached hydrogens (tertiary/aromatic N) is 1. The van der Waals surface area contributed by atoms with Crippen LogP contribution in [0.25, 0.3) is 0 Å². The average Bonchev–Trinajstić information content (AvgIpc) is 2.43. The summed E-state index contributed by atoms with van der Waals surface area (Å²) in [5, 5.41) is 0.0380. The van der Waals surface area contributed by atoms with E-state index < -0.39 is 5.60 Å². The van der Waals surface area contributed by atoms with E-state index in [1.54, 1.807) is 29.7 Å². The van der Waals surface area contributed by atoms with Gasteiger partial charge in [0, 0.05) is 11.4 Å². The van der Waals surface area contributed by atoms with Crippen LogP contribution in [0.3, 0.4) is 0 Å². The van der Waals surface area contributed by atoms with Gasteiger partial charge in [0.25, 0.3) is 0 Å². The minimum Gasteiger partial charge on any atom is -0.462 e. The van der Waals surface area contributed by atoms with Gasteiger partial charge >= 0.3 is 12.1 Å². The number of aryl methyl sites for hydroxylation is 1. The van der Waals surface area contributed by atoms with Gasteiger partial charge in [-0.15, -0.1) is 11.8 Å². The first kappa shape index (κ1) is 18.6. The lowest BCUT2D eigenvalue weighted by molar-refractivity contribution is 0.00848. The zero-order chi connectivity index (χ0) is 17.9. The Morgan fingerprint density at radius 1 is 1.33 bits per heavy atom. The Bertz CT molecular complexity index is 624. The SMILES string of the molecule is CCOC(=O)c1ccc(C)c(SC2CCN2C(=O)OC(C)(C)C)c1. The van der Waals surface area contributed by atoms with E-state index in [2.05, 4.69) is 0 Å². The first-order chi connectivity index (χ1) is 11.2. The third kappa shape index (κ3) is 4.66. The molecular formula is C18H25NO4S. The van der Waals surface area contributed by atoms with Crippen molar-refractivity contribution >= 4 is 23.8 Å². The summed E-state index contributed by atoms with van der Waals surface area (Å²) in [4.78, 5) is 26.8. The zero-order valence-electron chi connectivity index (χ0n) is 14.9. The summed E-state index contributed by atoms with van der Waals surface area (Å²) in [5.41, 5.74) is 1.11. The van der Waals surface area contributed by atoms with E-state index in [-0.39, 0.29) is 17.4 Å². The van der Waals surface area contributed by atoms with Gasteiger partial charge in [0.1, 0.15) is 5.60 Å². The average molecular weight is 351 g/mol. The molecule has 0 spiro atoms. The highest BCUT2D eigenvalue weighted by Gasteiger charge is 2.36. The topological polar surface area (TPSA) is 55.8 Å². The number of rotatable bonds is 4. The molecule has 1 unspecified atom stereocenters. The van der Waals surface area contributed by atoms with Crippen LogP contribution < -0.4 is 0 Å². The van der Waals surface area contributed by atoms with Crippen LogP contribution in [0.4, 0.5) is 4.79 Å². The Morgan fingerprint density at radius 2 is 2.04 bits per heavy atom. The summed E-state index contributed by atoms with van der Waals surface area (Å²) >= 11 is 1.59. The number of esters is 1. The molecule has 1 amide bonds. The Labute approximate surface area is 147 Å². The molecule has 1 heterocycles. The molecule has 1 aromatic carbocycles. The van der Waals surface area contributed by atoms with Gasteiger partial charge in [0.2, 0.25) is 0 Å². The van der Waals surface area contributed by atoms with Crippen LogP contribution in [0.1, 0.15) is 50.0 Å². The fourth-order valence-corrected chi connectivity index (χ4v) is 3.51. The molecule has 24 heavy (non-hydrogen) atoms. The molecular weight excluding hydrogens is 326 g/mol. The molecule has 1 atom stereocenters. The maximum absolute atomic E-state index is 12.2. The Morgan fingerprint density at radius 3 is 2.58 bits per heavy atom. The molecule has 1 aliphatic rings. The van der Waals surface area contributed by atoms with Crippen molar-refractivity contribution in [3.05, 3.63) is 29.3 Å². The van der Waals surface area contributed by atoms with E-state index in [1.165, 1.54) is 0 Å². The lowest BCUT2D eigenvalue weighted by atomic mass is 10.1. The number of carbonyl (C=O) groups excluding carboxylic acids is 2. The van der Waals surface area contributed by atoms with Crippen molar-refractivity contribution in [1.82, 2.24) is 4.90 Å². The molecule has 5 nitrogen and oxygen atoms in total. The maximum Gasteiger partial charge on any atom is 0.411 e. The van der Waals surface area contributed by atoms with Crippen LogP contribution in [-0.4, -0.2) is 41.1 Å². The van der Waals surface area contributed by atoms with Gasteiger partial charge in [-0.25, -0.2) is 9.59 Å². The summed E-state index contributed by atoms with van der Waals surface area (Å²) in [6, 6.07) is 5.51. The van der Waals surface area contributed by atoms with Crippen molar-refractivity contribution in [1.29, 1.82) is 0 Å². The molecule has 1 aromatic rings. The number of carbonyl (C=O) groups is 2. The number of likely N-dealkylation sites (tertiary alicyclic amines) is 1. The molecule has 1 aliphatic heterocycles. The summed E-state index contributed by atoms with van der Waals surface area (Å²) in [6.45, 7) is 10.4. The monoisotopic (exact) mass is 351 g/mol. The minimum atomic E-state index is -0.498. The Hall–Kier alpha value is -1.69. The van der Waals surface area contributed by atoms with E-state index in [4.69, 9.17) is 9.47 Å². The first-order valence-corrected chi connectivity index (χ1v) is 9.03. The molecule has 1 saturated heterocycles. The van der Waals surface area contributed by atoms with Crippen molar-refractivity contribution in [2.75, 3.05) is 13.2 Å². The van der Waals surface area contributed by atoms with Crippen molar-refractivity contribution in [3.63, 3.8) is 0 Å². The number of hydrogen-bond donors (Lipinski definition) is 0. The van der Waals surface area contributed by atoms with E-state index >= 15 is 0 Å². The molecule has 0 saturated carbocycles. The second-order valence-corrected chi connectivity index (χ2v) is 7.96. The standard InChI is InChI=1S/C18H25NO4S/c1-6-22-16(20)13-8-7-12(2)14(11-13)24-15-9-10-19(15)17(21)23-18(3,4)5/h7-8,11,15H,6,9-10H2,1-5H3. The largest absolute Gasteiger partial charge is 0.462 e. The summed E-state index contributed by atoms with van der Waals surface area (Å²) in [5.74, 6) is -0.322. The Balaban J connectivity index is 2.06. The molecule has 0 bridgehead atoms. The fraction of sp³-hybridized carbons (Fsp3) is 0.556. The van der Waals surface area contributed by atoms with Crippen molar-refractivity contribution in [2.45, 2.75) is 56.9 Å². The molecule has 0 radical (unpaired) electrons. The molecule has 0 aromatic heterocycles. The quantitative estimate of drug-likeness (QED) is 0.760. The summed E-state index contributed by atoms with van der Waals surface area (Å²) in [7, 11) is 0. The number of benzene rings is 1. The van der Waals surface area contributed by atoms with Gasteiger partial charge in [0.05, 0.1) is 17.5 Å². The Kier molecular flexibility index (Phi) is 5.80. The van der Waals surface area contributed by atoms with E-state index in [0.29, 0.717) is 18.7 Å². The number of hydrogen-bond acceptors (Lipinski definition) is 5. The van der Waals surface area contributed by atoms with Gasteiger partial charge < -0.3 is 9.47 Å². The second-order valence-electron chi connectivity index (χ2n) is 6.74. The van der Waals surface area contributed by atoms with Crippen LogP contribution in [0.15, 0.2) is 23.1 Å². The maximum atomic E-state index is 12.2. The van der Waals surface area contributed by atoms with Crippen LogP contribution >= 0.6 is 11.8 Å². The predicted octanol–water partition coefficient (Wildman–Crippen LogP) is 4.23. The third-order valence-electron chi connectivity index (χ3n) is 3.55. The number of amides is 1. The lowest BCUT2D eigenvalue weighted by Gasteiger charge is -2.41. The second kappa shape index (κ2) is 7.47. The van der Waals surface area contributed by atoms with Gasteiger partial charge in [-0.2, -0.15) is 0 Å². The number of ether oxygens (including phenoxy) is 2. The molecule has 0 N–H and O–H groups in total. The van der Waals surface area contributed by atoms with Gasteiger partial charge in [-0.3, -0.25) is 4.90 Å². The highest BCUT2D eigenvalue weighted by atomic mass is 32.2. The molecule has 6 heteroatoms. The van der Waals surface area contributed by atoms with Gasteiger partial charge in [-0.05, 0) is 58.7 Å². The zero-order valence-corrected chi connectivity index (χ0v) is 15.7. The van der Waals surface area contributed by atoms with E-state index in [1.807, 2.05) is 39.8 Å². The number of thioether (sulfide) groups is 1. The van der Waals surface area contributed by atoms with Gasteiger partial charge in [0.15, 0.2) is 0 Å². The van der Waals surface area contributed by atoms with Crippen LogP contribution in [0.5, 0.6) is 0 Å². The minimum absolute atomic E-state index is 0.0380. The van der Waals surface area contributed by atoms with Gasteiger partial charge in [-0.1, -0.05) is 6.07 Å². The summed E-state index contributed by atoms with van der Waals surface area (Å²) < 4.78 is 10.5. The summed E-state index contributed by atoms with van der Waals surface area (Å²) in [6.07, 6.45) is 0.623. The molecule has 2 rings (SSSR count). The molecule has 1 fully saturated rings.